The van der Waals surface area contributed by atoms with Crippen molar-refractivity contribution in [3.8, 4) is 11.6 Å². The molecule has 0 unspecified atom stereocenters. The number of hydrogen-bond donors (Lipinski definition) is 0. The van der Waals surface area contributed by atoms with Crippen LogP contribution in [-0.2, 0) is 16.6 Å². The van der Waals surface area contributed by atoms with Crippen LogP contribution in [0.5, 0.6) is 5.88 Å². The zero-order valence-electron chi connectivity index (χ0n) is 28.2. The van der Waals surface area contributed by atoms with Crippen molar-refractivity contribution < 1.29 is 19.5 Å². The molecule has 10 heteroatoms. The first-order chi connectivity index (χ1) is 21.4. The van der Waals surface area contributed by atoms with Gasteiger partial charge < -0.3 is 9.67 Å². The molecule has 0 N–H and O–H groups in total. The lowest BCUT2D eigenvalue weighted by atomic mass is 9.96. The maximum atomic E-state index is 13.6. The largest absolute Gasteiger partial charge is 0.859 e. The number of allylic oxidation sites excluding steroid dienone is 4. The Hall–Kier alpha value is -5.25. The van der Waals surface area contributed by atoms with Gasteiger partial charge in [-0.15, -0.1) is 0 Å². The number of barbiturate groups is 1. The lowest BCUT2D eigenvalue weighted by molar-refractivity contribution is -0.280. The smallest absolute Gasteiger partial charge is 0.338 e. The first-order valence-electron chi connectivity index (χ1n) is 14.8. The fourth-order valence-electron chi connectivity index (χ4n) is 5.47. The van der Waals surface area contributed by atoms with Gasteiger partial charge in [-0.1, -0.05) is 25.2 Å². The third-order valence-corrected chi connectivity index (χ3v) is 9.31. The van der Waals surface area contributed by atoms with Crippen LogP contribution >= 0.6 is 0 Å². The molecule has 1 fully saturated rings. The molecule has 1 aliphatic heterocycles. The molecule has 4 amide bonds. The van der Waals surface area contributed by atoms with Crippen molar-refractivity contribution in [3.63, 3.8) is 0 Å². The van der Waals surface area contributed by atoms with Crippen LogP contribution < -0.4 is 21.3 Å². The van der Waals surface area contributed by atoms with Crippen molar-refractivity contribution in [3.05, 3.63) is 112 Å². The van der Waals surface area contributed by atoms with Crippen molar-refractivity contribution in [1.82, 2.24) is 14.0 Å². The summed E-state index contributed by atoms with van der Waals surface area (Å²) in [6.07, 6.45) is 5.62. The lowest BCUT2D eigenvalue weighted by Crippen LogP contribution is -2.55. The number of amides is 4. The Morgan fingerprint density at radius 3 is 1.79 bits per heavy atom. The number of benzene rings is 2. The van der Waals surface area contributed by atoms with Gasteiger partial charge in [-0.05, 0) is 137 Å². The van der Waals surface area contributed by atoms with Gasteiger partial charge in [0.2, 0.25) is 0 Å². The van der Waals surface area contributed by atoms with E-state index in [1.807, 2.05) is 55.4 Å². The number of carbonyl (C=O) groups is 3. The molecule has 4 rings (SSSR count). The Labute approximate surface area is 275 Å². The Morgan fingerprint density at radius 1 is 0.723 bits per heavy atom. The average molecular weight is 640 g/mol. The number of imide groups is 2. The molecule has 0 bridgehead atoms. The molecule has 0 atom stereocenters. The van der Waals surface area contributed by atoms with Gasteiger partial charge in [-0.25, -0.2) is 19.1 Å². The fourth-order valence-corrected chi connectivity index (χ4v) is 5.47. The van der Waals surface area contributed by atoms with Crippen molar-refractivity contribution >= 4 is 29.6 Å². The Kier molecular flexibility index (Phi) is 10.2. The van der Waals surface area contributed by atoms with Crippen LogP contribution in [0.25, 0.3) is 11.8 Å². The second kappa shape index (κ2) is 13.2. The molecule has 0 radical (unpaired) electrons. The standard InChI is InChI=1S/C36H40N4O6.CH4/c1-18(12-14-27-31(41)37(10)35(45)39(33(27)43)29-16-19(2)21(4)23(6)25(29)8)13-15-28-32(42)38(11)36(46)40(34(28)44)30-17-20(3)22(5)24(7)26(30)9;/h12-17,41H,1-11H3;1H4/p-1/b14-12+,18-13+,28-15+;. The van der Waals surface area contributed by atoms with Crippen molar-refractivity contribution in [2.24, 2.45) is 7.05 Å². The summed E-state index contributed by atoms with van der Waals surface area (Å²) in [6.45, 7) is 16.9. The molecule has 0 spiro atoms. The Bertz CT molecular complexity index is 2070. The first-order valence-corrected chi connectivity index (χ1v) is 14.8. The molecule has 1 saturated heterocycles. The van der Waals surface area contributed by atoms with Crippen molar-refractivity contribution in [2.75, 3.05) is 11.9 Å². The maximum Gasteiger partial charge on any atom is 0.338 e. The van der Waals surface area contributed by atoms with Gasteiger partial charge in [-0.2, -0.15) is 0 Å². The molecule has 3 aromatic rings. The van der Waals surface area contributed by atoms with E-state index in [0.717, 1.165) is 63.4 Å². The summed E-state index contributed by atoms with van der Waals surface area (Å²) in [5.41, 5.74) is 6.67. The van der Waals surface area contributed by atoms with E-state index in [2.05, 4.69) is 0 Å². The normalized spacial score (nSPS) is 14.9. The van der Waals surface area contributed by atoms with Gasteiger partial charge in [0, 0.05) is 19.7 Å². The molecule has 2 heterocycles. The third kappa shape index (κ3) is 6.03. The van der Waals surface area contributed by atoms with Crippen LogP contribution in [0.15, 0.2) is 51.1 Å². The summed E-state index contributed by atoms with van der Waals surface area (Å²) < 4.78 is 1.90. The number of carbonyl (C=O) groups excluding carboxylic acids is 3. The van der Waals surface area contributed by atoms with Gasteiger partial charge in [0.15, 0.2) is 0 Å². The van der Waals surface area contributed by atoms with Crippen LogP contribution in [-0.4, -0.2) is 38.9 Å². The molecule has 0 aliphatic carbocycles. The lowest BCUT2D eigenvalue weighted by Gasteiger charge is -2.33. The van der Waals surface area contributed by atoms with Gasteiger partial charge in [0.1, 0.15) is 5.57 Å². The molecular weight excluding hydrogens is 596 g/mol. The van der Waals surface area contributed by atoms with Gasteiger partial charge >= 0.3 is 11.7 Å². The van der Waals surface area contributed by atoms with E-state index in [9.17, 15) is 29.1 Å². The number of aryl methyl sites for hydroxylation is 2. The number of urea groups is 1. The highest BCUT2D eigenvalue weighted by atomic mass is 16.3. The van der Waals surface area contributed by atoms with Crippen molar-refractivity contribution in [2.45, 2.75) is 69.7 Å². The molecule has 2 aromatic carbocycles. The zero-order chi connectivity index (χ0) is 34.5. The van der Waals surface area contributed by atoms with E-state index < -0.39 is 35.0 Å². The first kappa shape index (κ1) is 36.2. The van der Waals surface area contributed by atoms with E-state index in [1.54, 1.807) is 19.1 Å². The molecule has 248 valence electrons. The van der Waals surface area contributed by atoms with Gasteiger partial charge in [-0.3, -0.25) is 19.3 Å². The predicted octanol–water partition coefficient (Wildman–Crippen LogP) is 5.22. The topological polar surface area (TPSA) is 125 Å². The van der Waals surface area contributed by atoms with Crippen LogP contribution in [0.1, 0.15) is 64.4 Å². The second-order valence-electron chi connectivity index (χ2n) is 12.0. The second-order valence-corrected chi connectivity index (χ2v) is 12.0. The molecule has 0 saturated carbocycles. The summed E-state index contributed by atoms with van der Waals surface area (Å²) >= 11 is 0. The van der Waals surface area contributed by atoms with E-state index in [-0.39, 0.29) is 18.6 Å². The average Bonchev–Trinajstić information content (AvgIpc) is 3.01. The van der Waals surface area contributed by atoms with E-state index in [0.29, 0.717) is 16.9 Å². The third-order valence-electron chi connectivity index (χ3n) is 9.31. The highest BCUT2D eigenvalue weighted by Crippen LogP contribution is 2.32. The summed E-state index contributed by atoms with van der Waals surface area (Å²) in [6, 6.07) is 2.78. The number of rotatable bonds is 5. The predicted molar refractivity (Wildman–Crippen MR) is 184 cm³/mol. The van der Waals surface area contributed by atoms with Crippen LogP contribution in [0, 0.1) is 55.4 Å². The number of likely N-dealkylation sites (N-methyl/N-ethyl adjacent to an activating group) is 1. The SMILES string of the molecule is C.CC(/C=C/c1c([O-])n(C)c(=O)n(-c2cc(C)c(C)c(C)c2C)c1=O)=C\C=C1/C(=O)N(C)C(=O)N(c2cc(C)c(C)c(C)c2C)C1=O. The number of nitrogens with zero attached hydrogens (tertiary/aromatic N) is 4. The minimum Gasteiger partial charge on any atom is -0.859 e. The number of aromatic nitrogens is 2. The summed E-state index contributed by atoms with van der Waals surface area (Å²) in [5, 5.41) is 13.0. The van der Waals surface area contributed by atoms with Crippen LogP contribution in [0.2, 0.25) is 0 Å². The molecule has 47 heavy (non-hydrogen) atoms. The highest BCUT2D eigenvalue weighted by molar-refractivity contribution is 6.37. The van der Waals surface area contributed by atoms with E-state index in [1.165, 1.54) is 38.4 Å². The van der Waals surface area contributed by atoms with Gasteiger partial charge in [0.25, 0.3) is 17.4 Å². The Morgan fingerprint density at radius 2 is 1.23 bits per heavy atom. The van der Waals surface area contributed by atoms with Crippen LogP contribution in [0.3, 0.4) is 0 Å². The zero-order valence-corrected chi connectivity index (χ0v) is 28.2. The molecular formula is C37H43N4O6-. The number of anilines is 1. The van der Waals surface area contributed by atoms with Gasteiger partial charge in [0.05, 0.1) is 11.4 Å². The minimum absolute atomic E-state index is 0. The van der Waals surface area contributed by atoms with E-state index >= 15 is 0 Å². The fraction of sp³-hybridized carbons (Fsp3) is 0.324. The maximum absolute atomic E-state index is 13.6. The highest BCUT2D eigenvalue weighted by Gasteiger charge is 2.41. The van der Waals surface area contributed by atoms with E-state index in [4.69, 9.17) is 0 Å². The molecule has 1 aromatic heterocycles. The quantitative estimate of drug-likeness (QED) is 0.214. The summed E-state index contributed by atoms with van der Waals surface area (Å²) in [4.78, 5) is 68.4. The Balaban J connectivity index is 0.00000600. The minimum atomic E-state index is -0.756. The number of hydrogen-bond acceptors (Lipinski definition) is 6. The summed E-state index contributed by atoms with van der Waals surface area (Å²) in [5.74, 6) is -2.26. The van der Waals surface area contributed by atoms with Crippen LogP contribution in [0.4, 0.5) is 10.5 Å². The van der Waals surface area contributed by atoms with Crippen molar-refractivity contribution in [1.29, 1.82) is 0 Å². The molecule has 10 nitrogen and oxygen atoms in total. The molecule has 1 aliphatic rings. The summed E-state index contributed by atoms with van der Waals surface area (Å²) in [7, 11) is 2.63. The monoisotopic (exact) mass is 639 g/mol.